The summed E-state index contributed by atoms with van der Waals surface area (Å²) in [6.07, 6.45) is 0. The van der Waals surface area contributed by atoms with Crippen LogP contribution in [-0.2, 0) is 10.8 Å². The van der Waals surface area contributed by atoms with Gasteiger partial charge in [0.25, 0.3) is 0 Å². The third kappa shape index (κ3) is 4.59. The van der Waals surface area contributed by atoms with Crippen LogP contribution in [0.5, 0.6) is 5.75 Å². The van der Waals surface area contributed by atoms with E-state index in [1.165, 1.54) is 33.4 Å². The molecule has 3 nitrogen and oxygen atoms in total. The Balaban J connectivity index is 2.32. The molecular weight excluding hydrogens is 463 g/mol. The van der Waals surface area contributed by atoms with Crippen molar-refractivity contribution in [2.24, 2.45) is 0 Å². The Kier molecular flexibility index (Phi) is 6.63. The van der Waals surface area contributed by atoms with Gasteiger partial charge in [0, 0.05) is 21.9 Å². The quantitative estimate of drug-likeness (QED) is 0.272. The molecule has 0 N–H and O–H groups in total. The number of rotatable bonds is 2. The summed E-state index contributed by atoms with van der Waals surface area (Å²) in [5.41, 5.74) is 11.0. The molecule has 4 rings (SSSR count). The minimum atomic E-state index is -1.75. The number of aryl methyl sites for hydroxylation is 6. The van der Waals surface area contributed by atoms with Crippen molar-refractivity contribution in [3.05, 3.63) is 74.8 Å². The Morgan fingerprint density at radius 2 is 1.00 bits per heavy atom. The fraction of sp³-hybridized carbons (Fsp3) is 0.438. The minimum absolute atomic E-state index is 0.114. The molecule has 1 heterocycles. The molecular formula is C32H41O3P. The number of hydrogen-bond donors (Lipinski definition) is 0. The highest BCUT2D eigenvalue weighted by Crippen LogP contribution is 2.46. The number of fused-ring (bicyclic) bond motifs is 3. The van der Waals surface area contributed by atoms with Crippen LogP contribution in [0.2, 0.25) is 0 Å². The summed E-state index contributed by atoms with van der Waals surface area (Å²) in [5.74, 6) is 0.830. The third-order valence-corrected chi connectivity index (χ3v) is 8.37. The van der Waals surface area contributed by atoms with E-state index in [4.69, 9.17) is 12.9 Å². The van der Waals surface area contributed by atoms with Gasteiger partial charge in [0.15, 0.2) is 0 Å². The fourth-order valence-corrected chi connectivity index (χ4v) is 6.14. The lowest BCUT2D eigenvalue weighted by atomic mass is 9.81. The standard InChI is InChI=1S/C32H41O3P/c1-18-14-13-15-19(2)28(18)33-36-34-29-24(31(7,8)9)16-20(3)22(5)26(29)27-23(6)21(4)17-25(30(27)35-36)32(10,11)12/h13-17H,1-12H3. The van der Waals surface area contributed by atoms with Gasteiger partial charge in [-0.2, -0.15) is 0 Å². The SMILES string of the molecule is Cc1cccc(C)c1Op1oc2c(C(C)(C)C)cc(C)c(C)c2c2c(C)c(C)cc(C(C)(C)C)c2o1. The predicted molar refractivity (Wildman–Crippen MR) is 155 cm³/mol. The van der Waals surface area contributed by atoms with Gasteiger partial charge in [-0.3, -0.25) is 0 Å². The zero-order chi connectivity index (χ0) is 26.7. The van der Waals surface area contributed by atoms with Gasteiger partial charge in [-0.05, 0) is 85.8 Å². The molecule has 0 fully saturated rings. The maximum Gasteiger partial charge on any atom is 0.453 e. The molecule has 0 spiro atoms. The van der Waals surface area contributed by atoms with Crippen molar-refractivity contribution < 1.29 is 12.9 Å². The first kappa shape index (κ1) is 26.4. The summed E-state index contributed by atoms with van der Waals surface area (Å²) in [4.78, 5) is 0. The van der Waals surface area contributed by atoms with E-state index in [2.05, 4.69) is 113 Å². The first-order valence-corrected chi connectivity index (χ1v) is 13.9. The van der Waals surface area contributed by atoms with E-state index in [0.717, 1.165) is 38.8 Å². The Labute approximate surface area is 217 Å². The molecule has 3 aromatic carbocycles. The van der Waals surface area contributed by atoms with Crippen molar-refractivity contribution in [2.75, 3.05) is 0 Å². The smallest absolute Gasteiger partial charge is 0.390 e. The van der Waals surface area contributed by atoms with Gasteiger partial charge >= 0.3 is 8.24 Å². The highest BCUT2D eigenvalue weighted by Gasteiger charge is 2.27. The first-order valence-electron chi connectivity index (χ1n) is 12.8. The molecule has 192 valence electrons. The molecule has 0 bridgehead atoms. The second-order valence-electron chi connectivity index (χ2n) is 12.4. The monoisotopic (exact) mass is 504 g/mol. The van der Waals surface area contributed by atoms with Gasteiger partial charge in [0.1, 0.15) is 16.9 Å². The van der Waals surface area contributed by atoms with Gasteiger partial charge < -0.3 is 12.9 Å². The van der Waals surface area contributed by atoms with E-state index in [-0.39, 0.29) is 10.8 Å². The summed E-state index contributed by atoms with van der Waals surface area (Å²) in [7, 11) is -1.75. The maximum absolute atomic E-state index is 6.83. The third-order valence-electron chi connectivity index (χ3n) is 7.37. The average molecular weight is 505 g/mol. The fourth-order valence-electron chi connectivity index (χ4n) is 4.91. The van der Waals surface area contributed by atoms with Crippen molar-refractivity contribution in [2.45, 2.75) is 93.9 Å². The molecule has 4 heteroatoms. The van der Waals surface area contributed by atoms with Crippen LogP contribution in [0.4, 0.5) is 0 Å². The molecule has 1 aromatic heterocycles. The van der Waals surface area contributed by atoms with Crippen LogP contribution >= 0.6 is 8.24 Å². The molecule has 0 saturated heterocycles. The molecule has 0 radical (unpaired) electrons. The lowest BCUT2D eigenvalue weighted by Crippen LogP contribution is -2.13. The maximum atomic E-state index is 6.83. The molecule has 0 aliphatic rings. The zero-order valence-electron chi connectivity index (χ0n) is 24.1. The summed E-state index contributed by atoms with van der Waals surface area (Å²) in [6.45, 7) is 26.4. The number of benzene rings is 3. The van der Waals surface area contributed by atoms with E-state index in [1.54, 1.807) is 0 Å². The van der Waals surface area contributed by atoms with Crippen LogP contribution in [-0.4, -0.2) is 0 Å². The second kappa shape index (κ2) is 9.03. The summed E-state index contributed by atoms with van der Waals surface area (Å²) in [6, 6.07) is 10.7. The largest absolute Gasteiger partial charge is 0.453 e. The highest BCUT2D eigenvalue weighted by atomic mass is 31.1. The van der Waals surface area contributed by atoms with Crippen molar-refractivity contribution in [1.82, 2.24) is 0 Å². The van der Waals surface area contributed by atoms with Crippen LogP contribution in [0.15, 0.2) is 38.7 Å². The van der Waals surface area contributed by atoms with E-state index in [9.17, 15) is 0 Å². The Bertz CT molecular complexity index is 1420. The van der Waals surface area contributed by atoms with Gasteiger partial charge in [0.05, 0.1) is 0 Å². The highest BCUT2D eigenvalue weighted by molar-refractivity contribution is 7.32. The second-order valence-corrected chi connectivity index (χ2v) is 13.4. The van der Waals surface area contributed by atoms with E-state index >= 15 is 0 Å². The van der Waals surface area contributed by atoms with Gasteiger partial charge in [-0.25, -0.2) is 0 Å². The van der Waals surface area contributed by atoms with Gasteiger partial charge in [0.2, 0.25) is 0 Å². The number of hydrogen-bond acceptors (Lipinski definition) is 3. The first-order chi connectivity index (χ1) is 16.6. The molecule has 4 aromatic rings. The summed E-state index contributed by atoms with van der Waals surface area (Å²) >= 11 is 0. The Morgan fingerprint density at radius 1 is 0.611 bits per heavy atom. The van der Waals surface area contributed by atoms with E-state index in [1.807, 2.05) is 0 Å². The van der Waals surface area contributed by atoms with Crippen molar-refractivity contribution in [3.63, 3.8) is 0 Å². The molecule has 36 heavy (non-hydrogen) atoms. The number of para-hydroxylation sites is 1. The van der Waals surface area contributed by atoms with Crippen molar-refractivity contribution in [3.8, 4) is 5.75 Å². The summed E-state index contributed by atoms with van der Waals surface area (Å²) < 4.78 is 20.3. The van der Waals surface area contributed by atoms with Gasteiger partial charge in [-0.1, -0.05) is 71.9 Å². The zero-order valence-corrected chi connectivity index (χ0v) is 25.0. The molecule has 0 aliphatic carbocycles. The van der Waals surface area contributed by atoms with Crippen molar-refractivity contribution >= 4 is 30.2 Å². The topological polar surface area (TPSA) is 35.5 Å². The Hall–Kier alpha value is -2.64. The molecule has 0 amide bonds. The molecule has 0 atom stereocenters. The average Bonchev–Trinajstić information content (AvgIpc) is 2.91. The lowest BCUT2D eigenvalue weighted by Gasteiger charge is -2.23. The Morgan fingerprint density at radius 3 is 1.36 bits per heavy atom. The predicted octanol–water partition coefficient (Wildman–Crippen LogP) is 10.6. The van der Waals surface area contributed by atoms with Gasteiger partial charge in [-0.15, -0.1) is 0 Å². The van der Waals surface area contributed by atoms with Crippen LogP contribution in [0.1, 0.15) is 86.1 Å². The summed E-state index contributed by atoms with van der Waals surface area (Å²) in [5, 5.41) is 2.27. The van der Waals surface area contributed by atoms with Crippen LogP contribution < -0.4 is 4.52 Å². The lowest BCUT2D eigenvalue weighted by molar-refractivity contribution is 0.485. The normalized spacial score (nSPS) is 12.4. The van der Waals surface area contributed by atoms with E-state index in [0.29, 0.717) is 0 Å². The molecule has 0 aliphatic heterocycles. The molecule has 0 unspecified atom stereocenters. The van der Waals surface area contributed by atoms with E-state index < -0.39 is 8.24 Å². The minimum Gasteiger partial charge on any atom is -0.390 e. The molecule has 0 saturated carbocycles. The van der Waals surface area contributed by atoms with Crippen LogP contribution in [0, 0.1) is 41.5 Å². The van der Waals surface area contributed by atoms with Crippen LogP contribution in [0.3, 0.4) is 0 Å². The van der Waals surface area contributed by atoms with Crippen molar-refractivity contribution in [1.29, 1.82) is 0 Å². The van der Waals surface area contributed by atoms with Crippen LogP contribution in [0.25, 0.3) is 21.9 Å².